The topological polar surface area (TPSA) is 102 Å². The van der Waals surface area contributed by atoms with Gasteiger partial charge in [-0.3, -0.25) is 19.3 Å². The van der Waals surface area contributed by atoms with Gasteiger partial charge in [0.1, 0.15) is 22.8 Å². The van der Waals surface area contributed by atoms with Crippen molar-refractivity contribution in [1.82, 2.24) is 10.2 Å². The molecule has 10 heteroatoms. The molecular weight excluding hydrogens is 444 g/mol. The van der Waals surface area contributed by atoms with Gasteiger partial charge in [0.2, 0.25) is 5.50 Å². The molecule has 1 aromatic rings. The Balaban J connectivity index is 2.07. The van der Waals surface area contributed by atoms with Crippen molar-refractivity contribution < 1.29 is 28.7 Å². The lowest BCUT2D eigenvalue weighted by atomic mass is 10.1. The van der Waals surface area contributed by atoms with Crippen LogP contribution in [-0.4, -0.2) is 56.9 Å². The highest BCUT2D eigenvalue weighted by molar-refractivity contribution is 8.14. The lowest BCUT2D eigenvalue weighted by molar-refractivity contribution is -0.167. The van der Waals surface area contributed by atoms with Gasteiger partial charge in [-0.05, 0) is 32.9 Å². The van der Waals surface area contributed by atoms with E-state index in [0.29, 0.717) is 5.75 Å². The Morgan fingerprint density at radius 1 is 1.19 bits per heavy atom. The average Bonchev–Trinajstić information content (AvgIpc) is 2.69. The van der Waals surface area contributed by atoms with E-state index in [1.807, 2.05) is 6.07 Å². The summed E-state index contributed by atoms with van der Waals surface area (Å²) in [6, 6.07) is 7.73. The highest BCUT2D eigenvalue weighted by Gasteiger charge is 2.54. The Hall–Kier alpha value is -2.26. The minimum absolute atomic E-state index is 0.199. The van der Waals surface area contributed by atoms with Gasteiger partial charge < -0.3 is 14.8 Å². The number of carbonyl (C=O) groups is 4. The number of likely N-dealkylation sites (tertiary alicyclic amines) is 1. The second-order valence-corrected chi connectivity index (χ2v) is 9.78. The van der Waals surface area contributed by atoms with Crippen molar-refractivity contribution in [1.29, 1.82) is 0 Å². The zero-order chi connectivity index (χ0) is 23.3. The SMILES string of the molecule is CC(C)C(=O)S[C@H]1[C@@H](NC(=O)COc2ccccc2)C(=O)N1C(Cl)C(=O)OC(C)(C)C. The summed E-state index contributed by atoms with van der Waals surface area (Å²) in [7, 11) is 0. The molecule has 1 saturated heterocycles. The van der Waals surface area contributed by atoms with Crippen LogP contribution >= 0.6 is 23.4 Å². The molecule has 0 aliphatic carbocycles. The number of rotatable bonds is 8. The second-order valence-electron chi connectivity index (χ2n) is 8.24. The van der Waals surface area contributed by atoms with Crippen LogP contribution in [0.3, 0.4) is 0 Å². The summed E-state index contributed by atoms with van der Waals surface area (Å²) in [5.74, 6) is -1.72. The Bertz CT molecular complexity index is 827. The fraction of sp³-hybridized carbons (Fsp3) is 0.524. The molecule has 0 aromatic heterocycles. The summed E-state index contributed by atoms with van der Waals surface area (Å²) in [6.07, 6.45) is 0. The predicted molar refractivity (Wildman–Crippen MR) is 117 cm³/mol. The number of esters is 1. The number of carbonyl (C=O) groups excluding carboxylic acids is 4. The first-order chi connectivity index (χ1) is 14.4. The van der Waals surface area contributed by atoms with Crippen molar-refractivity contribution in [2.45, 2.75) is 57.1 Å². The number of nitrogens with one attached hydrogen (secondary N) is 1. The number of β-lactam (4-membered cyclic amide) rings is 1. The van der Waals surface area contributed by atoms with E-state index in [1.165, 1.54) is 0 Å². The van der Waals surface area contributed by atoms with Crippen molar-refractivity contribution in [2.24, 2.45) is 5.92 Å². The van der Waals surface area contributed by atoms with E-state index in [9.17, 15) is 19.2 Å². The first kappa shape index (κ1) is 25.0. The summed E-state index contributed by atoms with van der Waals surface area (Å²) in [6.45, 7) is 8.16. The van der Waals surface area contributed by atoms with E-state index in [1.54, 1.807) is 58.9 Å². The zero-order valence-electron chi connectivity index (χ0n) is 18.1. The highest BCUT2D eigenvalue weighted by atomic mass is 35.5. The highest BCUT2D eigenvalue weighted by Crippen LogP contribution is 2.35. The number of hydrogen-bond acceptors (Lipinski definition) is 7. The molecule has 3 atom stereocenters. The van der Waals surface area contributed by atoms with Crippen molar-refractivity contribution in [3.63, 3.8) is 0 Å². The maximum Gasteiger partial charge on any atom is 0.345 e. The largest absolute Gasteiger partial charge is 0.484 e. The number of thioether (sulfide) groups is 1. The molecule has 2 amide bonds. The standard InChI is InChI=1S/C21H27ClN2O6S/c1-12(2)20(28)31-18-15(23-14(25)11-29-13-9-7-6-8-10-13)17(26)24(18)16(22)19(27)30-21(3,4)5/h6-10,12,15-16,18H,11H2,1-5H3,(H,23,25)/t15-,16?,18-/m0/s1. The first-order valence-corrected chi connectivity index (χ1v) is 11.1. The summed E-state index contributed by atoms with van der Waals surface area (Å²) < 4.78 is 10.6. The minimum Gasteiger partial charge on any atom is -0.484 e. The van der Waals surface area contributed by atoms with E-state index in [4.69, 9.17) is 21.1 Å². The van der Waals surface area contributed by atoms with Gasteiger partial charge in [0.15, 0.2) is 11.7 Å². The number of alkyl halides is 1. The van der Waals surface area contributed by atoms with Crippen molar-refractivity contribution in [3.8, 4) is 5.75 Å². The van der Waals surface area contributed by atoms with Gasteiger partial charge in [-0.15, -0.1) is 0 Å². The summed E-state index contributed by atoms with van der Waals surface area (Å²) in [5, 5.41) is 1.53. The maximum atomic E-state index is 12.7. The van der Waals surface area contributed by atoms with Gasteiger partial charge in [-0.25, -0.2) is 4.79 Å². The van der Waals surface area contributed by atoms with Crippen molar-refractivity contribution in [3.05, 3.63) is 30.3 Å². The third kappa shape index (κ3) is 6.87. The lowest BCUT2D eigenvalue weighted by Gasteiger charge is -2.47. The van der Waals surface area contributed by atoms with E-state index in [-0.39, 0.29) is 17.6 Å². The van der Waals surface area contributed by atoms with E-state index < -0.39 is 40.3 Å². The smallest absolute Gasteiger partial charge is 0.345 e. The molecule has 1 N–H and O–H groups in total. The van der Waals surface area contributed by atoms with Crippen LogP contribution in [0.15, 0.2) is 30.3 Å². The van der Waals surface area contributed by atoms with Gasteiger partial charge in [0.25, 0.3) is 11.8 Å². The molecule has 0 bridgehead atoms. The molecule has 1 aromatic carbocycles. The lowest BCUT2D eigenvalue weighted by Crippen LogP contribution is -2.72. The van der Waals surface area contributed by atoms with Gasteiger partial charge in [0, 0.05) is 5.92 Å². The Morgan fingerprint density at radius 2 is 1.81 bits per heavy atom. The van der Waals surface area contributed by atoms with E-state index >= 15 is 0 Å². The van der Waals surface area contributed by atoms with Crippen LogP contribution in [0.1, 0.15) is 34.6 Å². The number of ether oxygens (including phenoxy) is 2. The molecule has 1 unspecified atom stereocenters. The zero-order valence-corrected chi connectivity index (χ0v) is 19.7. The van der Waals surface area contributed by atoms with E-state index in [0.717, 1.165) is 16.7 Å². The van der Waals surface area contributed by atoms with Crippen LogP contribution in [0.25, 0.3) is 0 Å². The molecule has 0 radical (unpaired) electrons. The quantitative estimate of drug-likeness (QED) is 0.269. The molecule has 0 spiro atoms. The molecule has 8 nitrogen and oxygen atoms in total. The number of hydrogen-bond donors (Lipinski definition) is 1. The van der Waals surface area contributed by atoms with Crippen LogP contribution in [0.5, 0.6) is 5.75 Å². The fourth-order valence-corrected chi connectivity index (χ4v) is 4.08. The van der Waals surface area contributed by atoms with Crippen LogP contribution in [-0.2, 0) is 23.9 Å². The van der Waals surface area contributed by atoms with Crippen LogP contribution in [0.2, 0.25) is 0 Å². The number of nitrogens with zero attached hydrogens (tertiary/aromatic N) is 1. The Labute approximate surface area is 191 Å². The Morgan fingerprint density at radius 3 is 2.35 bits per heavy atom. The number of benzene rings is 1. The molecule has 0 saturated carbocycles. The second kappa shape index (κ2) is 10.4. The molecule has 31 heavy (non-hydrogen) atoms. The van der Waals surface area contributed by atoms with Crippen molar-refractivity contribution >= 4 is 46.3 Å². The normalized spacial score (nSPS) is 19.5. The Kier molecular flexibility index (Phi) is 8.36. The summed E-state index contributed by atoms with van der Waals surface area (Å²) >= 11 is 7.06. The van der Waals surface area contributed by atoms with Gasteiger partial charge >= 0.3 is 5.97 Å². The van der Waals surface area contributed by atoms with Crippen LogP contribution in [0.4, 0.5) is 0 Å². The van der Waals surface area contributed by atoms with Gasteiger partial charge in [-0.2, -0.15) is 0 Å². The van der Waals surface area contributed by atoms with Crippen LogP contribution < -0.4 is 10.1 Å². The molecule has 2 rings (SSSR count). The fourth-order valence-electron chi connectivity index (χ4n) is 2.58. The molecule has 1 aliphatic heterocycles. The number of halogens is 1. The third-order valence-electron chi connectivity index (χ3n) is 4.06. The molecule has 1 heterocycles. The first-order valence-electron chi connectivity index (χ1n) is 9.77. The van der Waals surface area contributed by atoms with Crippen LogP contribution in [0, 0.1) is 5.92 Å². The molecular formula is C21H27ClN2O6S. The molecule has 1 aliphatic rings. The maximum absolute atomic E-state index is 12.7. The number of amides is 2. The minimum atomic E-state index is -1.42. The van der Waals surface area contributed by atoms with Gasteiger partial charge in [0.05, 0.1) is 0 Å². The van der Waals surface area contributed by atoms with Gasteiger partial charge in [-0.1, -0.05) is 55.4 Å². The number of para-hydroxylation sites is 1. The van der Waals surface area contributed by atoms with E-state index in [2.05, 4.69) is 5.32 Å². The summed E-state index contributed by atoms with van der Waals surface area (Å²) in [4.78, 5) is 50.7. The predicted octanol–water partition coefficient (Wildman–Crippen LogP) is 2.54. The monoisotopic (exact) mass is 470 g/mol. The molecule has 1 fully saturated rings. The third-order valence-corrected chi connectivity index (χ3v) is 5.90. The van der Waals surface area contributed by atoms with Crippen molar-refractivity contribution in [2.75, 3.05) is 6.61 Å². The summed E-state index contributed by atoms with van der Waals surface area (Å²) in [5.41, 5.74) is -2.21. The molecule has 170 valence electrons. The average molecular weight is 471 g/mol.